The molecule has 0 unspecified atom stereocenters. The average Bonchev–Trinajstić information content (AvgIpc) is 3.00. The SMILES string of the molecule is CCc1ccc2[nH]c(-c3ccc(C)s3)c(C=O)c2c1. The molecule has 0 aliphatic carbocycles. The molecule has 0 bridgehead atoms. The number of rotatable bonds is 3. The van der Waals surface area contributed by atoms with Gasteiger partial charge in [-0.3, -0.25) is 4.79 Å². The Bertz CT molecular complexity index is 751. The van der Waals surface area contributed by atoms with Gasteiger partial charge < -0.3 is 4.98 Å². The third-order valence-electron chi connectivity index (χ3n) is 3.42. The van der Waals surface area contributed by atoms with Crippen molar-refractivity contribution in [2.75, 3.05) is 0 Å². The van der Waals surface area contributed by atoms with Crippen LogP contribution in [0.4, 0.5) is 0 Å². The third kappa shape index (κ3) is 2.00. The molecule has 0 radical (unpaired) electrons. The van der Waals surface area contributed by atoms with Gasteiger partial charge in [-0.15, -0.1) is 11.3 Å². The van der Waals surface area contributed by atoms with E-state index in [1.54, 1.807) is 11.3 Å². The maximum atomic E-state index is 11.5. The summed E-state index contributed by atoms with van der Waals surface area (Å²) < 4.78 is 0. The number of aromatic amines is 1. The van der Waals surface area contributed by atoms with E-state index in [4.69, 9.17) is 0 Å². The third-order valence-corrected chi connectivity index (χ3v) is 4.43. The Balaban J connectivity index is 2.28. The molecule has 2 aromatic heterocycles. The molecule has 96 valence electrons. The Hall–Kier alpha value is -1.87. The lowest BCUT2D eigenvalue weighted by Gasteiger charge is -1.96. The number of aromatic nitrogens is 1. The van der Waals surface area contributed by atoms with Crippen molar-refractivity contribution in [2.45, 2.75) is 20.3 Å². The van der Waals surface area contributed by atoms with Crippen molar-refractivity contribution in [3.8, 4) is 10.6 Å². The molecule has 0 atom stereocenters. The van der Waals surface area contributed by atoms with Crippen LogP contribution in [0.25, 0.3) is 21.5 Å². The summed E-state index contributed by atoms with van der Waals surface area (Å²) in [6.45, 7) is 4.20. The van der Waals surface area contributed by atoms with E-state index in [-0.39, 0.29) is 0 Å². The summed E-state index contributed by atoms with van der Waals surface area (Å²) in [4.78, 5) is 17.2. The van der Waals surface area contributed by atoms with E-state index in [1.807, 2.05) is 0 Å². The summed E-state index contributed by atoms with van der Waals surface area (Å²) in [5, 5.41) is 1.02. The average molecular weight is 269 g/mol. The van der Waals surface area contributed by atoms with E-state index in [0.717, 1.165) is 39.7 Å². The first kappa shape index (κ1) is 12.2. The molecule has 1 aromatic carbocycles. The summed E-state index contributed by atoms with van der Waals surface area (Å²) in [5.41, 5.74) is 3.99. The minimum atomic E-state index is 0.771. The number of aldehydes is 1. The Labute approximate surface area is 116 Å². The number of hydrogen-bond donors (Lipinski definition) is 1. The van der Waals surface area contributed by atoms with E-state index in [9.17, 15) is 4.79 Å². The normalized spacial score (nSPS) is 11.1. The summed E-state index contributed by atoms with van der Waals surface area (Å²) in [6, 6.07) is 10.4. The maximum absolute atomic E-state index is 11.5. The number of carbonyl (C=O) groups is 1. The highest BCUT2D eigenvalue weighted by atomic mass is 32.1. The Morgan fingerprint density at radius 2 is 2.11 bits per heavy atom. The van der Waals surface area contributed by atoms with Gasteiger partial charge in [-0.25, -0.2) is 0 Å². The van der Waals surface area contributed by atoms with Gasteiger partial charge in [-0.05, 0) is 43.2 Å². The van der Waals surface area contributed by atoms with E-state index in [1.165, 1.54) is 10.4 Å². The number of carbonyl (C=O) groups excluding carboxylic acids is 1. The molecule has 0 spiro atoms. The highest BCUT2D eigenvalue weighted by Crippen LogP contribution is 2.33. The Morgan fingerprint density at radius 3 is 2.74 bits per heavy atom. The number of thiophene rings is 1. The van der Waals surface area contributed by atoms with Crippen LogP contribution in [0.1, 0.15) is 27.7 Å². The van der Waals surface area contributed by atoms with E-state index in [0.29, 0.717) is 0 Å². The molecule has 3 rings (SSSR count). The zero-order valence-electron chi connectivity index (χ0n) is 11.0. The largest absolute Gasteiger partial charge is 0.353 e. The zero-order valence-corrected chi connectivity index (χ0v) is 11.8. The van der Waals surface area contributed by atoms with Gasteiger partial charge in [0.05, 0.1) is 10.6 Å². The van der Waals surface area contributed by atoms with Gasteiger partial charge >= 0.3 is 0 Å². The summed E-state index contributed by atoms with van der Waals surface area (Å²) in [6.07, 6.45) is 1.94. The van der Waals surface area contributed by atoms with Gasteiger partial charge in [-0.1, -0.05) is 13.0 Å². The van der Waals surface area contributed by atoms with Crippen LogP contribution in [0.2, 0.25) is 0 Å². The fraction of sp³-hybridized carbons (Fsp3) is 0.188. The van der Waals surface area contributed by atoms with Crippen molar-refractivity contribution in [3.05, 3.63) is 46.3 Å². The zero-order chi connectivity index (χ0) is 13.4. The number of hydrogen-bond acceptors (Lipinski definition) is 2. The molecule has 2 heterocycles. The smallest absolute Gasteiger partial charge is 0.152 e. The number of benzene rings is 1. The predicted octanol–water partition coefficient (Wildman–Crippen LogP) is 4.58. The fourth-order valence-electron chi connectivity index (χ4n) is 2.37. The monoisotopic (exact) mass is 269 g/mol. The van der Waals surface area contributed by atoms with Gasteiger partial charge in [0.25, 0.3) is 0 Å². The van der Waals surface area contributed by atoms with Crippen LogP contribution in [0.15, 0.2) is 30.3 Å². The first-order chi connectivity index (χ1) is 9.22. The summed E-state index contributed by atoms with van der Waals surface area (Å²) >= 11 is 1.71. The van der Waals surface area contributed by atoms with Crippen LogP contribution in [-0.2, 0) is 6.42 Å². The van der Waals surface area contributed by atoms with Crippen LogP contribution in [0.5, 0.6) is 0 Å². The van der Waals surface area contributed by atoms with Gasteiger partial charge in [-0.2, -0.15) is 0 Å². The number of fused-ring (bicyclic) bond motifs is 1. The molecule has 2 nitrogen and oxygen atoms in total. The van der Waals surface area contributed by atoms with E-state index < -0.39 is 0 Å². The lowest BCUT2D eigenvalue weighted by molar-refractivity contribution is 0.112. The topological polar surface area (TPSA) is 32.9 Å². The second kappa shape index (κ2) is 4.67. The number of nitrogens with one attached hydrogen (secondary N) is 1. The second-order valence-corrected chi connectivity index (χ2v) is 5.96. The molecule has 3 heteroatoms. The van der Waals surface area contributed by atoms with Crippen molar-refractivity contribution < 1.29 is 4.79 Å². The molecule has 19 heavy (non-hydrogen) atoms. The van der Waals surface area contributed by atoms with Crippen molar-refractivity contribution in [2.24, 2.45) is 0 Å². The van der Waals surface area contributed by atoms with Crippen molar-refractivity contribution in [1.82, 2.24) is 4.98 Å². The molecule has 0 aliphatic heterocycles. The molecule has 0 aliphatic rings. The predicted molar refractivity (Wildman–Crippen MR) is 81.1 cm³/mol. The molecule has 0 saturated carbocycles. The molecular formula is C16H15NOS. The van der Waals surface area contributed by atoms with Crippen molar-refractivity contribution in [3.63, 3.8) is 0 Å². The van der Waals surface area contributed by atoms with Crippen LogP contribution in [-0.4, -0.2) is 11.3 Å². The molecule has 0 fully saturated rings. The van der Waals surface area contributed by atoms with Crippen LogP contribution < -0.4 is 0 Å². The maximum Gasteiger partial charge on any atom is 0.152 e. The van der Waals surface area contributed by atoms with Crippen LogP contribution in [0.3, 0.4) is 0 Å². The number of H-pyrrole nitrogens is 1. The van der Waals surface area contributed by atoms with Crippen molar-refractivity contribution >= 4 is 28.5 Å². The Morgan fingerprint density at radius 1 is 1.26 bits per heavy atom. The van der Waals surface area contributed by atoms with Crippen LogP contribution in [0, 0.1) is 6.92 Å². The first-order valence-electron chi connectivity index (χ1n) is 6.39. The van der Waals surface area contributed by atoms with Crippen molar-refractivity contribution in [1.29, 1.82) is 0 Å². The molecular weight excluding hydrogens is 254 g/mol. The standard InChI is InChI=1S/C16H15NOS/c1-3-11-5-6-14-12(8-11)13(9-18)16(17-14)15-7-4-10(2)19-15/h4-9,17H,3H2,1-2H3. The minimum Gasteiger partial charge on any atom is -0.353 e. The number of aryl methyl sites for hydroxylation is 2. The summed E-state index contributed by atoms with van der Waals surface area (Å²) in [7, 11) is 0. The second-order valence-electron chi connectivity index (χ2n) is 4.68. The first-order valence-corrected chi connectivity index (χ1v) is 7.21. The highest BCUT2D eigenvalue weighted by Gasteiger charge is 2.14. The molecule has 0 amide bonds. The lowest BCUT2D eigenvalue weighted by atomic mass is 10.1. The van der Waals surface area contributed by atoms with Gasteiger partial charge in [0.2, 0.25) is 0 Å². The molecule has 0 saturated heterocycles. The molecule has 1 N–H and O–H groups in total. The summed E-state index contributed by atoms with van der Waals surface area (Å²) in [5.74, 6) is 0. The van der Waals surface area contributed by atoms with Crippen LogP contribution >= 0.6 is 11.3 Å². The fourth-order valence-corrected chi connectivity index (χ4v) is 3.25. The quantitative estimate of drug-likeness (QED) is 0.694. The van der Waals surface area contributed by atoms with E-state index in [2.05, 4.69) is 49.2 Å². The van der Waals surface area contributed by atoms with Gasteiger partial charge in [0.15, 0.2) is 6.29 Å². The van der Waals surface area contributed by atoms with E-state index >= 15 is 0 Å². The minimum absolute atomic E-state index is 0.771. The van der Waals surface area contributed by atoms with Gasteiger partial charge in [0, 0.05) is 21.3 Å². The molecule has 3 aromatic rings. The van der Waals surface area contributed by atoms with Gasteiger partial charge in [0.1, 0.15) is 0 Å². The lowest BCUT2D eigenvalue weighted by Crippen LogP contribution is -1.82. The highest BCUT2D eigenvalue weighted by molar-refractivity contribution is 7.15. The Kier molecular flexibility index (Phi) is 2.99.